The Morgan fingerprint density at radius 1 is 1.41 bits per heavy atom. The van der Waals surface area contributed by atoms with E-state index >= 15 is 0 Å². The maximum atomic E-state index is 12.7. The van der Waals surface area contributed by atoms with Crippen LogP contribution < -0.4 is 4.74 Å². The highest BCUT2D eigenvalue weighted by Gasteiger charge is 2.33. The number of oxime groups is 1. The molecule has 0 spiro atoms. The smallest absolute Gasteiger partial charge is 0.417 e. The number of benzene rings is 1. The van der Waals surface area contributed by atoms with Gasteiger partial charge in [-0.1, -0.05) is 12.1 Å². The van der Waals surface area contributed by atoms with Gasteiger partial charge in [0.2, 0.25) is 0 Å². The molecule has 0 saturated carbocycles. The van der Waals surface area contributed by atoms with Crippen molar-refractivity contribution in [3.05, 3.63) is 29.3 Å². The summed E-state index contributed by atoms with van der Waals surface area (Å²) in [5.41, 5.74) is -1.09. The Bertz CT molecular complexity index is 402. The van der Waals surface area contributed by atoms with E-state index in [2.05, 4.69) is 5.16 Å². The van der Waals surface area contributed by atoms with Crippen molar-refractivity contribution in [3.8, 4) is 5.75 Å². The van der Waals surface area contributed by atoms with Gasteiger partial charge in [-0.05, 0) is 24.6 Å². The summed E-state index contributed by atoms with van der Waals surface area (Å²) in [5.74, 6) is 0.147. The lowest BCUT2D eigenvalue weighted by Gasteiger charge is -2.12. The molecule has 1 N–H and O–H groups in total. The molecule has 0 amide bonds. The summed E-state index contributed by atoms with van der Waals surface area (Å²) in [7, 11) is 0. The zero-order valence-corrected chi connectivity index (χ0v) is 9.16. The van der Waals surface area contributed by atoms with E-state index < -0.39 is 11.7 Å². The second-order valence-corrected chi connectivity index (χ2v) is 3.34. The number of rotatable bonds is 4. The minimum Gasteiger partial charge on any atom is -0.494 e. The van der Waals surface area contributed by atoms with Crippen molar-refractivity contribution in [1.29, 1.82) is 0 Å². The van der Waals surface area contributed by atoms with Gasteiger partial charge < -0.3 is 9.94 Å². The van der Waals surface area contributed by atoms with Gasteiger partial charge in [-0.3, -0.25) is 0 Å². The van der Waals surface area contributed by atoms with E-state index in [-0.39, 0.29) is 11.3 Å². The van der Waals surface area contributed by atoms with Crippen LogP contribution in [0.15, 0.2) is 23.4 Å². The Kier molecular flexibility index (Phi) is 4.37. The fourth-order valence-electron chi connectivity index (χ4n) is 1.27. The highest BCUT2D eigenvalue weighted by Crippen LogP contribution is 2.33. The maximum Gasteiger partial charge on any atom is 0.417 e. The highest BCUT2D eigenvalue weighted by atomic mass is 19.4. The molecule has 1 rings (SSSR count). The monoisotopic (exact) mass is 247 g/mol. The second kappa shape index (κ2) is 5.56. The van der Waals surface area contributed by atoms with Crippen molar-refractivity contribution in [1.82, 2.24) is 0 Å². The Morgan fingerprint density at radius 2 is 2.12 bits per heavy atom. The molecule has 0 aliphatic heterocycles. The molecule has 94 valence electrons. The standard InChI is InChI=1S/C11H12F3NO2/c1-2-5-17-9-4-3-8(7-15-16)10(6-9)11(12,13)14/h3-4,6-7,16H,2,5H2,1H3/b15-7+. The Morgan fingerprint density at radius 3 is 2.65 bits per heavy atom. The maximum absolute atomic E-state index is 12.7. The van der Waals surface area contributed by atoms with Crippen LogP contribution in [0.5, 0.6) is 5.75 Å². The molecule has 0 unspecified atom stereocenters. The van der Waals surface area contributed by atoms with E-state index in [1.54, 1.807) is 0 Å². The number of nitrogens with zero attached hydrogens (tertiary/aromatic N) is 1. The summed E-state index contributed by atoms with van der Waals surface area (Å²) in [6.45, 7) is 2.21. The van der Waals surface area contributed by atoms with Gasteiger partial charge in [-0.15, -0.1) is 0 Å². The SMILES string of the molecule is CCCOc1ccc(/C=N/O)c(C(F)(F)F)c1. The van der Waals surface area contributed by atoms with E-state index in [1.165, 1.54) is 12.1 Å². The van der Waals surface area contributed by atoms with E-state index in [0.29, 0.717) is 13.0 Å². The van der Waals surface area contributed by atoms with Crippen molar-refractivity contribution >= 4 is 6.21 Å². The zero-order chi connectivity index (χ0) is 12.9. The molecular weight excluding hydrogens is 235 g/mol. The Balaban J connectivity index is 3.10. The van der Waals surface area contributed by atoms with Crippen molar-refractivity contribution in [2.45, 2.75) is 19.5 Å². The quantitative estimate of drug-likeness (QED) is 0.504. The molecule has 0 saturated heterocycles. The summed E-state index contributed by atoms with van der Waals surface area (Å²) < 4.78 is 43.1. The van der Waals surface area contributed by atoms with Crippen LogP contribution in [0.3, 0.4) is 0 Å². The first kappa shape index (κ1) is 13.3. The molecule has 0 heterocycles. The lowest BCUT2D eigenvalue weighted by Crippen LogP contribution is -2.09. The predicted molar refractivity (Wildman–Crippen MR) is 56.6 cm³/mol. The van der Waals surface area contributed by atoms with Crippen LogP contribution >= 0.6 is 0 Å². The van der Waals surface area contributed by atoms with E-state index in [0.717, 1.165) is 12.3 Å². The normalized spacial score (nSPS) is 12.0. The molecular formula is C11H12F3NO2. The third kappa shape index (κ3) is 3.65. The summed E-state index contributed by atoms with van der Waals surface area (Å²) in [4.78, 5) is 0. The lowest BCUT2D eigenvalue weighted by molar-refractivity contribution is -0.137. The highest BCUT2D eigenvalue weighted by molar-refractivity contribution is 5.82. The average Bonchev–Trinajstić information content (AvgIpc) is 2.26. The van der Waals surface area contributed by atoms with Crippen LogP contribution in [-0.2, 0) is 6.18 Å². The second-order valence-electron chi connectivity index (χ2n) is 3.34. The molecule has 17 heavy (non-hydrogen) atoms. The van der Waals surface area contributed by atoms with Crippen LogP contribution in [0.25, 0.3) is 0 Å². The molecule has 0 radical (unpaired) electrons. The van der Waals surface area contributed by atoms with Crippen LogP contribution in [0.4, 0.5) is 13.2 Å². The summed E-state index contributed by atoms with van der Waals surface area (Å²) in [5, 5.41) is 10.9. The van der Waals surface area contributed by atoms with Gasteiger partial charge in [-0.25, -0.2) is 0 Å². The zero-order valence-electron chi connectivity index (χ0n) is 9.16. The average molecular weight is 247 g/mol. The first-order valence-corrected chi connectivity index (χ1v) is 5.00. The summed E-state index contributed by atoms with van der Waals surface area (Å²) >= 11 is 0. The molecule has 0 aliphatic rings. The number of ether oxygens (including phenoxy) is 1. The predicted octanol–water partition coefficient (Wildman–Crippen LogP) is 3.30. The van der Waals surface area contributed by atoms with Gasteiger partial charge in [-0.2, -0.15) is 13.2 Å². The number of alkyl halides is 3. The fourth-order valence-corrected chi connectivity index (χ4v) is 1.27. The molecule has 0 aromatic heterocycles. The number of hydrogen-bond acceptors (Lipinski definition) is 3. The Hall–Kier alpha value is -1.72. The van der Waals surface area contributed by atoms with Crippen LogP contribution in [-0.4, -0.2) is 18.0 Å². The van der Waals surface area contributed by atoms with Crippen molar-refractivity contribution < 1.29 is 23.1 Å². The minimum atomic E-state index is -4.51. The Labute approximate surface area is 96.5 Å². The molecule has 0 bridgehead atoms. The third-order valence-electron chi connectivity index (χ3n) is 2.00. The first-order chi connectivity index (χ1) is 7.99. The first-order valence-electron chi connectivity index (χ1n) is 5.00. The fraction of sp³-hybridized carbons (Fsp3) is 0.364. The van der Waals surface area contributed by atoms with E-state index in [4.69, 9.17) is 9.94 Å². The lowest BCUT2D eigenvalue weighted by atomic mass is 10.1. The number of hydrogen-bond donors (Lipinski definition) is 1. The molecule has 0 aliphatic carbocycles. The van der Waals surface area contributed by atoms with Gasteiger partial charge in [0.15, 0.2) is 0 Å². The van der Waals surface area contributed by atoms with E-state index in [1.807, 2.05) is 6.92 Å². The van der Waals surface area contributed by atoms with Gasteiger partial charge >= 0.3 is 6.18 Å². The topological polar surface area (TPSA) is 41.8 Å². The van der Waals surface area contributed by atoms with Gasteiger partial charge in [0, 0.05) is 5.56 Å². The molecule has 3 nitrogen and oxygen atoms in total. The molecule has 1 aromatic rings. The van der Waals surface area contributed by atoms with Gasteiger partial charge in [0.1, 0.15) is 5.75 Å². The van der Waals surface area contributed by atoms with Crippen molar-refractivity contribution in [3.63, 3.8) is 0 Å². The summed E-state index contributed by atoms with van der Waals surface area (Å²) in [6.07, 6.45) is -3.06. The van der Waals surface area contributed by atoms with Gasteiger partial charge in [0.05, 0.1) is 18.4 Å². The molecule has 0 fully saturated rings. The third-order valence-corrected chi connectivity index (χ3v) is 2.00. The van der Waals surface area contributed by atoms with Crippen molar-refractivity contribution in [2.75, 3.05) is 6.61 Å². The van der Waals surface area contributed by atoms with Gasteiger partial charge in [0.25, 0.3) is 0 Å². The van der Waals surface area contributed by atoms with Crippen molar-refractivity contribution in [2.24, 2.45) is 5.16 Å². The molecule has 0 atom stereocenters. The largest absolute Gasteiger partial charge is 0.494 e. The van der Waals surface area contributed by atoms with Crippen LogP contribution in [0.1, 0.15) is 24.5 Å². The van der Waals surface area contributed by atoms with Crippen LogP contribution in [0.2, 0.25) is 0 Å². The summed E-state index contributed by atoms with van der Waals surface area (Å²) in [6, 6.07) is 3.50. The number of halogens is 3. The molecule has 1 aromatic carbocycles. The van der Waals surface area contributed by atoms with Crippen LogP contribution in [0, 0.1) is 0 Å². The molecule has 6 heteroatoms. The minimum absolute atomic E-state index is 0.147. The van der Waals surface area contributed by atoms with E-state index in [9.17, 15) is 13.2 Å².